The third kappa shape index (κ3) is 4.99. The molecular weight excluding hydrogens is 470 g/mol. The molecule has 0 radical (unpaired) electrons. The predicted molar refractivity (Wildman–Crippen MR) is 122 cm³/mol. The molecule has 3 aromatic carbocycles. The first kappa shape index (κ1) is 22.2. The maximum Gasteiger partial charge on any atom is 0.259 e. The molecule has 0 aliphatic carbocycles. The first-order valence-corrected chi connectivity index (χ1v) is 10.0. The molecule has 0 saturated carbocycles. The number of anilines is 2. The van der Waals surface area contributed by atoms with Crippen molar-refractivity contribution in [3.8, 4) is 5.75 Å². The van der Waals surface area contributed by atoms with E-state index in [1.165, 1.54) is 19.2 Å². The second kappa shape index (κ2) is 9.58. The average molecular weight is 484 g/mol. The smallest absolute Gasteiger partial charge is 0.259 e. The van der Waals surface area contributed by atoms with Gasteiger partial charge in [-0.05, 0) is 48.5 Å². The number of hydrogen-bond acceptors (Lipinski definition) is 3. The van der Waals surface area contributed by atoms with E-state index in [0.717, 1.165) is 0 Å². The third-order valence-corrected chi connectivity index (χ3v) is 5.54. The Hall–Kier alpha value is -2.44. The van der Waals surface area contributed by atoms with Crippen molar-refractivity contribution >= 4 is 69.6 Å². The molecule has 0 aliphatic rings. The molecule has 0 spiro atoms. The van der Waals surface area contributed by atoms with Crippen LogP contribution in [0.1, 0.15) is 20.7 Å². The van der Waals surface area contributed by atoms with Crippen molar-refractivity contribution in [1.29, 1.82) is 0 Å². The maximum atomic E-state index is 12.8. The molecule has 0 bridgehead atoms. The van der Waals surface area contributed by atoms with Crippen molar-refractivity contribution in [1.82, 2.24) is 0 Å². The topological polar surface area (TPSA) is 67.4 Å². The van der Waals surface area contributed by atoms with Gasteiger partial charge in [-0.3, -0.25) is 9.59 Å². The zero-order valence-corrected chi connectivity index (χ0v) is 18.5. The van der Waals surface area contributed by atoms with Crippen LogP contribution in [0.25, 0.3) is 0 Å². The Bertz CT molecular complexity index is 1050. The number of para-hydroxylation sites is 1. The summed E-state index contributed by atoms with van der Waals surface area (Å²) in [6.45, 7) is 0. The van der Waals surface area contributed by atoms with Crippen molar-refractivity contribution in [2.24, 2.45) is 0 Å². The van der Waals surface area contributed by atoms with Gasteiger partial charge in [0.15, 0.2) is 0 Å². The Kier molecular flexibility index (Phi) is 7.10. The fourth-order valence-corrected chi connectivity index (χ4v) is 3.26. The van der Waals surface area contributed by atoms with Crippen LogP contribution in [0.15, 0.2) is 54.6 Å². The number of carbonyl (C=O) groups is 2. The number of amides is 2. The lowest BCUT2D eigenvalue weighted by molar-refractivity contribution is 0.102. The number of hydrogen-bond donors (Lipinski definition) is 2. The van der Waals surface area contributed by atoms with E-state index in [9.17, 15) is 9.59 Å². The maximum absolute atomic E-state index is 12.8. The molecule has 3 aromatic rings. The van der Waals surface area contributed by atoms with Crippen molar-refractivity contribution in [2.45, 2.75) is 0 Å². The Labute approximate surface area is 192 Å². The fourth-order valence-electron chi connectivity index (χ4n) is 2.66. The molecule has 0 aliphatic heterocycles. The Balaban J connectivity index is 1.87. The van der Waals surface area contributed by atoms with Crippen molar-refractivity contribution in [3.63, 3.8) is 0 Å². The van der Waals surface area contributed by atoms with E-state index in [1.807, 2.05) is 0 Å². The predicted octanol–water partition coefficient (Wildman–Crippen LogP) is 6.81. The van der Waals surface area contributed by atoms with Gasteiger partial charge < -0.3 is 15.4 Å². The van der Waals surface area contributed by atoms with Crippen LogP contribution >= 0.6 is 46.4 Å². The first-order chi connectivity index (χ1) is 14.3. The lowest BCUT2D eigenvalue weighted by Crippen LogP contribution is -2.18. The van der Waals surface area contributed by atoms with Gasteiger partial charge in [0.05, 0.1) is 38.3 Å². The minimum Gasteiger partial charge on any atom is -0.495 e. The molecule has 154 valence electrons. The molecule has 9 heteroatoms. The summed E-state index contributed by atoms with van der Waals surface area (Å²) in [5, 5.41) is 6.75. The number of halogens is 4. The summed E-state index contributed by atoms with van der Waals surface area (Å²) < 4.78 is 5.36. The molecular formula is C21H14Cl4N2O3. The Morgan fingerprint density at radius 1 is 0.700 bits per heavy atom. The summed E-state index contributed by atoms with van der Waals surface area (Å²) in [6.07, 6.45) is 0. The van der Waals surface area contributed by atoms with Crippen molar-refractivity contribution in [2.75, 3.05) is 17.7 Å². The van der Waals surface area contributed by atoms with E-state index in [1.54, 1.807) is 42.5 Å². The zero-order valence-electron chi connectivity index (χ0n) is 15.4. The van der Waals surface area contributed by atoms with Gasteiger partial charge >= 0.3 is 0 Å². The number of benzene rings is 3. The minimum atomic E-state index is -0.477. The molecule has 0 heterocycles. The van der Waals surface area contributed by atoms with Gasteiger partial charge in [0, 0.05) is 11.4 Å². The molecule has 0 saturated heterocycles. The lowest BCUT2D eigenvalue weighted by atomic mass is 10.1. The average Bonchev–Trinajstić information content (AvgIpc) is 2.72. The highest BCUT2D eigenvalue weighted by Crippen LogP contribution is 2.29. The van der Waals surface area contributed by atoms with Crippen LogP contribution in [0.3, 0.4) is 0 Å². The number of rotatable bonds is 5. The number of ether oxygens (including phenoxy) is 1. The Morgan fingerprint density at radius 2 is 1.13 bits per heavy atom. The minimum absolute atomic E-state index is 0.118. The number of carbonyl (C=O) groups excluding carboxylic acids is 2. The van der Waals surface area contributed by atoms with E-state index in [0.29, 0.717) is 31.5 Å². The van der Waals surface area contributed by atoms with E-state index in [4.69, 9.17) is 51.1 Å². The monoisotopic (exact) mass is 482 g/mol. The number of nitrogens with one attached hydrogen (secondary N) is 2. The fraction of sp³-hybridized carbons (Fsp3) is 0.0476. The lowest BCUT2D eigenvalue weighted by Gasteiger charge is -2.14. The van der Waals surface area contributed by atoms with Crippen LogP contribution in [0.5, 0.6) is 5.75 Å². The molecule has 0 atom stereocenters. The zero-order chi connectivity index (χ0) is 21.8. The highest BCUT2D eigenvalue weighted by molar-refractivity contribution is 6.42. The van der Waals surface area contributed by atoms with E-state index in [2.05, 4.69) is 10.6 Å². The molecule has 2 N–H and O–H groups in total. The van der Waals surface area contributed by atoms with Gasteiger partial charge in [0.2, 0.25) is 0 Å². The molecule has 0 fully saturated rings. The van der Waals surface area contributed by atoms with Gasteiger partial charge in [-0.15, -0.1) is 0 Å². The van der Waals surface area contributed by atoms with Crippen molar-refractivity contribution in [3.05, 3.63) is 85.8 Å². The van der Waals surface area contributed by atoms with Gasteiger partial charge in [0.25, 0.3) is 11.8 Å². The SMILES string of the molecule is COc1c(C(=O)Nc2ccc(Cl)c(Cl)c2)cccc1C(=O)Nc1ccc(Cl)c(Cl)c1. The summed E-state index contributed by atoms with van der Waals surface area (Å²) in [5.74, 6) is -0.837. The van der Waals surface area contributed by atoms with Gasteiger partial charge in [-0.25, -0.2) is 0 Å². The summed E-state index contributed by atoms with van der Waals surface area (Å²) in [6, 6.07) is 14.1. The van der Waals surface area contributed by atoms with Crippen LogP contribution in [-0.2, 0) is 0 Å². The van der Waals surface area contributed by atoms with Crippen LogP contribution < -0.4 is 15.4 Å². The normalized spacial score (nSPS) is 10.4. The second-order valence-corrected chi connectivity index (χ2v) is 7.68. The highest BCUT2D eigenvalue weighted by Gasteiger charge is 2.20. The van der Waals surface area contributed by atoms with Gasteiger partial charge in [-0.1, -0.05) is 52.5 Å². The summed E-state index contributed by atoms with van der Waals surface area (Å²) >= 11 is 23.8. The molecule has 2 amide bonds. The van der Waals surface area contributed by atoms with Crippen LogP contribution in [0.2, 0.25) is 20.1 Å². The Morgan fingerprint density at radius 3 is 1.50 bits per heavy atom. The second-order valence-electron chi connectivity index (χ2n) is 6.05. The summed E-state index contributed by atoms with van der Waals surface area (Å²) in [5.41, 5.74) is 1.24. The quantitative estimate of drug-likeness (QED) is 0.418. The molecule has 30 heavy (non-hydrogen) atoms. The summed E-state index contributed by atoms with van der Waals surface area (Å²) in [4.78, 5) is 25.5. The van der Waals surface area contributed by atoms with E-state index in [-0.39, 0.29) is 16.9 Å². The van der Waals surface area contributed by atoms with E-state index >= 15 is 0 Å². The molecule has 0 unspecified atom stereocenters. The number of methoxy groups -OCH3 is 1. The highest BCUT2D eigenvalue weighted by atomic mass is 35.5. The van der Waals surface area contributed by atoms with E-state index < -0.39 is 11.8 Å². The standard InChI is InChI=1S/C21H14Cl4N2O3/c1-30-19-13(20(28)26-11-5-7-15(22)17(24)9-11)3-2-4-14(19)21(29)27-12-6-8-16(23)18(25)10-12/h2-10H,1H3,(H,26,28)(H,27,29). The van der Waals surface area contributed by atoms with Crippen LogP contribution in [0.4, 0.5) is 11.4 Å². The summed E-state index contributed by atoms with van der Waals surface area (Å²) in [7, 11) is 1.38. The van der Waals surface area contributed by atoms with Gasteiger partial charge in [0.1, 0.15) is 5.75 Å². The molecule has 3 rings (SSSR count). The first-order valence-electron chi connectivity index (χ1n) is 8.50. The van der Waals surface area contributed by atoms with Crippen molar-refractivity contribution < 1.29 is 14.3 Å². The van der Waals surface area contributed by atoms with Crippen LogP contribution in [-0.4, -0.2) is 18.9 Å². The molecule has 5 nitrogen and oxygen atoms in total. The van der Waals surface area contributed by atoms with Crippen LogP contribution in [0, 0.1) is 0 Å². The molecule has 0 aromatic heterocycles. The van der Waals surface area contributed by atoms with Gasteiger partial charge in [-0.2, -0.15) is 0 Å². The third-order valence-electron chi connectivity index (χ3n) is 4.06. The largest absolute Gasteiger partial charge is 0.495 e.